The molecule has 0 saturated heterocycles. The summed E-state index contributed by atoms with van der Waals surface area (Å²) in [6, 6.07) is 6.41. The smallest absolute Gasteiger partial charge is 0.160 e. The summed E-state index contributed by atoms with van der Waals surface area (Å²) in [4.78, 5) is 2.45. The second-order valence-electron chi connectivity index (χ2n) is 4.94. The van der Waals surface area contributed by atoms with Crippen molar-refractivity contribution in [3.05, 3.63) is 23.8 Å². The van der Waals surface area contributed by atoms with Crippen molar-refractivity contribution in [2.24, 2.45) is 0 Å². The van der Waals surface area contributed by atoms with E-state index in [9.17, 15) is 5.11 Å². The van der Waals surface area contributed by atoms with Gasteiger partial charge in [0.25, 0.3) is 0 Å². The van der Waals surface area contributed by atoms with Gasteiger partial charge in [-0.15, -0.1) is 0 Å². The standard InChI is InChI=1S/C15H25NO2/c1-6-9-16(11(2)3)12(4)13-7-8-14(17)15(10-13)18-5/h7-8,10-12,17H,6,9H2,1-5H3. The Morgan fingerprint density at radius 1 is 1.28 bits per heavy atom. The zero-order chi connectivity index (χ0) is 13.7. The van der Waals surface area contributed by atoms with Gasteiger partial charge in [0.05, 0.1) is 7.11 Å². The number of ether oxygens (including phenoxy) is 1. The van der Waals surface area contributed by atoms with E-state index in [1.165, 1.54) is 5.56 Å². The van der Waals surface area contributed by atoms with Crippen molar-refractivity contribution in [1.29, 1.82) is 0 Å². The highest BCUT2D eigenvalue weighted by Gasteiger charge is 2.18. The molecule has 3 heteroatoms. The Kier molecular flexibility index (Phi) is 5.48. The third-order valence-electron chi connectivity index (χ3n) is 3.33. The Labute approximate surface area is 110 Å². The number of methoxy groups -OCH3 is 1. The highest BCUT2D eigenvalue weighted by molar-refractivity contribution is 5.42. The zero-order valence-corrected chi connectivity index (χ0v) is 12.1. The summed E-state index contributed by atoms with van der Waals surface area (Å²) in [7, 11) is 1.58. The van der Waals surface area contributed by atoms with E-state index in [0.717, 1.165) is 13.0 Å². The second kappa shape index (κ2) is 6.64. The molecular formula is C15H25NO2. The first-order valence-corrected chi connectivity index (χ1v) is 6.63. The van der Waals surface area contributed by atoms with Crippen molar-refractivity contribution in [2.45, 2.75) is 46.2 Å². The lowest BCUT2D eigenvalue weighted by molar-refractivity contribution is 0.164. The molecule has 1 unspecified atom stereocenters. The van der Waals surface area contributed by atoms with Gasteiger partial charge in [0.1, 0.15) is 0 Å². The first-order chi connectivity index (χ1) is 8.51. The van der Waals surface area contributed by atoms with Crippen molar-refractivity contribution in [2.75, 3.05) is 13.7 Å². The number of aromatic hydroxyl groups is 1. The molecule has 0 bridgehead atoms. The molecule has 0 saturated carbocycles. The lowest BCUT2D eigenvalue weighted by atomic mass is 10.0. The van der Waals surface area contributed by atoms with E-state index in [1.54, 1.807) is 13.2 Å². The monoisotopic (exact) mass is 251 g/mol. The molecule has 0 amide bonds. The van der Waals surface area contributed by atoms with Gasteiger partial charge >= 0.3 is 0 Å². The fraction of sp³-hybridized carbons (Fsp3) is 0.600. The van der Waals surface area contributed by atoms with Gasteiger partial charge in [-0.1, -0.05) is 13.0 Å². The summed E-state index contributed by atoms with van der Waals surface area (Å²) in [6.45, 7) is 9.89. The molecule has 1 aromatic carbocycles. The minimum absolute atomic E-state index is 0.194. The van der Waals surface area contributed by atoms with Crippen LogP contribution in [0, 0.1) is 0 Å². The van der Waals surface area contributed by atoms with Crippen molar-refractivity contribution in [3.8, 4) is 11.5 Å². The first-order valence-electron chi connectivity index (χ1n) is 6.63. The number of phenols is 1. The Hall–Kier alpha value is -1.22. The van der Waals surface area contributed by atoms with Crippen LogP contribution in [0.4, 0.5) is 0 Å². The van der Waals surface area contributed by atoms with Crippen molar-refractivity contribution in [3.63, 3.8) is 0 Å². The molecular weight excluding hydrogens is 226 g/mol. The summed E-state index contributed by atoms with van der Waals surface area (Å²) in [5.41, 5.74) is 1.17. The van der Waals surface area contributed by atoms with Gasteiger partial charge < -0.3 is 9.84 Å². The predicted octanol–water partition coefficient (Wildman–Crippen LogP) is 3.58. The average Bonchev–Trinajstić information content (AvgIpc) is 2.35. The summed E-state index contributed by atoms with van der Waals surface area (Å²) < 4.78 is 5.17. The number of hydrogen-bond acceptors (Lipinski definition) is 3. The lowest BCUT2D eigenvalue weighted by Gasteiger charge is -2.33. The van der Waals surface area contributed by atoms with E-state index >= 15 is 0 Å². The van der Waals surface area contributed by atoms with Crippen LogP contribution in [0.5, 0.6) is 11.5 Å². The fourth-order valence-electron chi connectivity index (χ4n) is 2.30. The van der Waals surface area contributed by atoms with E-state index in [1.807, 2.05) is 12.1 Å². The van der Waals surface area contributed by atoms with Crippen molar-refractivity contribution >= 4 is 0 Å². The third-order valence-corrected chi connectivity index (χ3v) is 3.33. The number of rotatable bonds is 6. The van der Waals surface area contributed by atoms with Crippen LogP contribution >= 0.6 is 0 Å². The minimum Gasteiger partial charge on any atom is -0.504 e. The van der Waals surface area contributed by atoms with Crippen molar-refractivity contribution < 1.29 is 9.84 Å². The molecule has 102 valence electrons. The molecule has 0 aliphatic rings. The predicted molar refractivity (Wildman–Crippen MR) is 75.2 cm³/mol. The number of hydrogen-bond donors (Lipinski definition) is 1. The molecule has 1 N–H and O–H groups in total. The number of phenolic OH excluding ortho intramolecular Hbond substituents is 1. The molecule has 1 atom stereocenters. The summed E-state index contributed by atoms with van der Waals surface area (Å²) in [6.07, 6.45) is 1.14. The highest BCUT2D eigenvalue weighted by Crippen LogP contribution is 2.31. The van der Waals surface area contributed by atoms with Gasteiger partial charge in [0.2, 0.25) is 0 Å². The van der Waals surface area contributed by atoms with Crippen LogP contribution < -0.4 is 4.74 Å². The average molecular weight is 251 g/mol. The van der Waals surface area contributed by atoms with Crippen LogP contribution in [0.25, 0.3) is 0 Å². The Bertz CT molecular complexity index is 377. The van der Waals surface area contributed by atoms with Crippen LogP contribution in [0.1, 0.15) is 45.7 Å². The summed E-state index contributed by atoms with van der Waals surface area (Å²) in [5, 5.41) is 9.63. The maximum absolute atomic E-state index is 9.63. The van der Waals surface area contributed by atoms with Crippen LogP contribution in [0.2, 0.25) is 0 Å². The van der Waals surface area contributed by atoms with Gasteiger partial charge in [0, 0.05) is 12.1 Å². The Morgan fingerprint density at radius 3 is 2.44 bits per heavy atom. The third kappa shape index (κ3) is 3.39. The van der Waals surface area contributed by atoms with Gasteiger partial charge in [-0.25, -0.2) is 0 Å². The van der Waals surface area contributed by atoms with E-state index < -0.39 is 0 Å². The normalized spacial score (nSPS) is 13.1. The van der Waals surface area contributed by atoms with E-state index in [-0.39, 0.29) is 5.75 Å². The molecule has 0 aromatic heterocycles. The summed E-state index contributed by atoms with van der Waals surface area (Å²) in [5.74, 6) is 0.736. The maximum atomic E-state index is 9.63. The van der Waals surface area contributed by atoms with Crippen LogP contribution in [0.3, 0.4) is 0 Å². The van der Waals surface area contributed by atoms with Gasteiger partial charge in [-0.05, 0) is 51.4 Å². The molecule has 1 rings (SSSR count). The zero-order valence-electron chi connectivity index (χ0n) is 12.1. The van der Waals surface area contributed by atoms with Crippen LogP contribution in [-0.4, -0.2) is 29.7 Å². The molecule has 0 aliphatic carbocycles. The summed E-state index contributed by atoms with van der Waals surface area (Å²) >= 11 is 0. The molecule has 0 radical (unpaired) electrons. The van der Waals surface area contributed by atoms with Gasteiger partial charge in [-0.3, -0.25) is 4.90 Å². The molecule has 18 heavy (non-hydrogen) atoms. The molecule has 0 fully saturated rings. The number of nitrogens with zero attached hydrogens (tertiary/aromatic N) is 1. The SMILES string of the molecule is CCCN(C(C)C)C(C)c1ccc(O)c(OC)c1. The highest BCUT2D eigenvalue weighted by atomic mass is 16.5. The quantitative estimate of drug-likeness (QED) is 0.838. The number of benzene rings is 1. The molecule has 3 nitrogen and oxygen atoms in total. The molecule has 1 aromatic rings. The lowest BCUT2D eigenvalue weighted by Crippen LogP contribution is -2.34. The Balaban J connectivity index is 2.97. The van der Waals surface area contributed by atoms with E-state index in [4.69, 9.17) is 4.74 Å². The van der Waals surface area contributed by atoms with Gasteiger partial charge in [-0.2, -0.15) is 0 Å². The molecule has 0 aliphatic heterocycles. The topological polar surface area (TPSA) is 32.7 Å². The van der Waals surface area contributed by atoms with E-state index in [0.29, 0.717) is 17.8 Å². The fourth-order valence-corrected chi connectivity index (χ4v) is 2.30. The van der Waals surface area contributed by atoms with Crippen LogP contribution in [-0.2, 0) is 0 Å². The molecule has 0 heterocycles. The van der Waals surface area contributed by atoms with E-state index in [2.05, 4.69) is 32.6 Å². The maximum Gasteiger partial charge on any atom is 0.160 e. The molecule has 0 spiro atoms. The minimum atomic E-state index is 0.194. The second-order valence-corrected chi connectivity index (χ2v) is 4.94. The van der Waals surface area contributed by atoms with Gasteiger partial charge in [0.15, 0.2) is 11.5 Å². The first kappa shape index (κ1) is 14.8. The van der Waals surface area contributed by atoms with Crippen molar-refractivity contribution in [1.82, 2.24) is 4.90 Å². The van der Waals surface area contributed by atoms with Crippen LogP contribution in [0.15, 0.2) is 18.2 Å². The Morgan fingerprint density at radius 2 is 1.94 bits per heavy atom. The largest absolute Gasteiger partial charge is 0.504 e.